The highest BCUT2D eigenvalue weighted by Crippen LogP contribution is 2.13. The van der Waals surface area contributed by atoms with Crippen molar-refractivity contribution in [3.05, 3.63) is 53.7 Å². The number of aromatic nitrogens is 1. The monoisotopic (exact) mass is 297 g/mol. The van der Waals surface area contributed by atoms with Crippen molar-refractivity contribution in [1.29, 1.82) is 0 Å². The summed E-state index contributed by atoms with van der Waals surface area (Å²) in [4.78, 5) is 28.0. The van der Waals surface area contributed by atoms with Crippen LogP contribution in [0.3, 0.4) is 0 Å². The maximum atomic E-state index is 12.3. The van der Waals surface area contributed by atoms with Crippen LogP contribution in [0.25, 0.3) is 10.9 Å². The Labute approximate surface area is 129 Å². The van der Waals surface area contributed by atoms with Crippen LogP contribution in [0.2, 0.25) is 0 Å². The fraction of sp³-hybridized carbons (Fsp3) is 0.235. The van der Waals surface area contributed by atoms with Gasteiger partial charge in [-0.25, -0.2) is 0 Å². The Morgan fingerprint density at radius 3 is 2.73 bits per heavy atom. The highest BCUT2D eigenvalue weighted by Gasteiger charge is 2.18. The predicted molar refractivity (Wildman–Crippen MR) is 86.2 cm³/mol. The van der Waals surface area contributed by atoms with Crippen LogP contribution in [0.1, 0.15) is 30.6 Å². The molecule has 5 heteroatoms. The van der Waals surface area contributed by atoms with Gasteiger partial charge in [0.05, 0.1) is 11.1 Å². The number of nitrogens with zero attached hydrogens (tertiary/aromatic N) is 1. The minimum absolute atomic E-state index is 0.357. The molecule has 1 aromatic carbocycles. The van der Waals surface area contributed by atoms with Crippen molar-refractivity contribution >= 4 is 22.7 Å². The summed E-state index contributed by atoms with van der Waals surface area (Å²) in [5.41, 5.74) is 7.62. The molecule has 2 rings (SSSR count). The summed E-state index contributed by atoms with van der Waals surface area (Å²) in [6, 6.07) is 8.54. The first-order valence-corrected chi connectivity index (χ1v) is 7.05. The normalized spacial score (nSPS) is 11.7. The number of nitrogens with one attached hydrogen (secondary N) is 1. The molecule has 0 spiro atoms. The largest absolute Gasteiger partial charge is 0.368 e. The topological polar surface area (TPSA) is 85.1 Å². The summed E-state index contributed by atoms with van der Waals surface area (Å²) < 4.78 is 0. The molecule has 22 heavy (non-hydrogen) atoms. The molecule has 3 N–H and O–H groups in total. The molecule has 2 amide bonds. The quantitative estimate of drug-likeness (QED) is 0.829. The lowest BCUT2D eigenvalue weighted by atomic mass is 10.1. The minimum Gasteiger partial charge on any atom is -0.368 e. The zero-order valence-electron chi connectivity index (χ0n) is 12.7. The number of nitrogens with two attached hydrogens (primary N) is 1. The average Bonchev–Trinajstić information content (AvgIpc) is 2.50. The number of carbonyl (C=O) groups excluding carboxylic acids is 2. The molecule has 1 atom stereocenters. The highest BCUT2D eigenvalue weighted by atomic mass is 16.2. The van der Waals surface area contributed by atoms with Crippen molar-refractivity contribution < 1.29 is 9.59 Å². The lowest BCUT2D eigenvalue weighted by molar-refractivity contribution is -0.119. The van der Waals surface area contributed by atoms with E-state index in [0.717, 1.165) is 16.5 Å². The molecular formula is C17H19N3O2. The molecule has 0 aliphatic heterocycles. The van der Waals surface area contributed by atoms with Crippen LogP contribution < -0.4 is 11.1 Å². The van der Waals surface area contributed by atoms with Crippen LogP contribution in [0.5, 0.6) is 0 Å². The third-order valence-electron chi connectivity index (χ3n) is 3.26. The first-order valence-electron chi connectivity index (χ1n) is 7.05. The third kappa shape index (κ3) is 3.91. The molecule has 0 aliphatic rings. The van der Waals surface area contributed by atoms with Gasteiger partial charge >= 0.3 is 0 Å². The molecule has 0 saturated heterocycles. The number of amides is 2. The van der Waals surface area contributed by atoms with Gasteiger partial charge in [0.15, 0.2) is 0 Å². The van der Waals surface area contributed by atoms with Crippen molar-refractivity contribution in [1.82, 2.24) is 10.3 Å². The summed E-state index contributed by atoms with van der Waals surface area (Å²) in [5, 5.41) is 3.53. The van der Waals surface area contributed by atoms with Crippen LogP contribution in [0.4, 0.5) is 0 Å². The second kappa shape index (κ2) is 6.85. The minimum atomic E-state index is -0.728. The van der Waals surface area contributed by atoms with Gasteiger partial charge in [-0.3, -0.25) is 14.6 Å². The summed E-state index contributed by atoms with van der Waals surface area (Å²) in [5.74, 6) is -0.913. The second-order valence-corrected chi connectivity index (χ2v) is 5.36. The lowest BCUT2D eigenvalue weighted by Crippen LogP contribution is -2.44. The SMILES string of the molecule is CC(C)=CC[C@@H](NC(=O)c1cnc2ccccc2c1)C(N)=O. The third-order valence-corrected chi connectivity index (χ3v) is 3.26. The molecule has 0 unspecified atom stereocenters. The van der Waals surface area contributed by atoms with Crippen molar-refractivity contribution in [3.63, 3.8) is 0 Å². The Bertz CT molecular complexity index is 734. The molecule has 0 bridgehead atoms. The molecule has 2 aromatic rings. The number of para-hydroxylation sites is 1. The van der Waals surface area contributed by atoms with Gasteiger partial charge in [0.2, 0.25) is 5.91 Å². The average molecular weight is 297 g/mol. The summed E-state index contributed by atoms with van der Waals surface area (Å²) in [6.07, 6.45) is 3.75. The summed E-state index contributed by atoms with van der Waals surface area (Å²) in [6.45, 7) is 3.85. The highest BCUT2D eigenvalue weighted by molar-refractivity contribution is 5.99. The van der Waals surface area contributed by atoms with Crippen LogP contribution >= 0.6 is 0 Å². The Morgan fingerprint density at radius 2 is 2.05 bits per heavy atom. The number of rotatable bonds is 5. The first-order chi connectivity index (χ1) is 10.5. The second-order valence-electron chi connectivity index (χ2n) is 5.36. The zero-order chi connectivity index (χ0) is 16.1. The van der Waals surface area contributed by atoms with E-state index >= 15 is 0 Å². The van der Waals surface area contributed by atoms with Crippen molar-refractivity contribution in [3.8, 4) is 0 Å². The molecule has 114 valence electrons. The molecular weight excluding hydrogens is 278 g/mol. The lowest BCUT2D eigenvalue weighted by Gasteiger charge is -2.14. The Hall–Kier alpha value is -2.69. The van der Waals surface area contributed by atoms with Gasteiger partial charge < -0.3 is 11.1 Å². The van der Waals surface area contributed by atoms with E-state index < -0.39 is 11.9 Å². The van der Waals surface area contributed by atoms with E-state index in [2.05, 4.69) is 10.3 Å². The van der Waals surface area contributed by atoms with E-state index in [-0.39, 0.29) is 5.91 Å². The van der Waals surface area contributed by atoms with Crippen molar-refractivity contribution in [2.45, 2.75) is 26.3 Å². The number of allylic oxidation sites excluding steroid dienone is 1. The van der Waals surface area contributed by atoms with Gasteiger partial charge in [0, 0.05) is 11.6 Å². The van der Waals surface area contributed by atoms with Crippen LogP contribution in [-0.2, 0) is 4.79 Å². The van der Waals surface area contributed by atoms with Gasteiger partial charge in [-0.2, -0.15) is 0 Å². The number of pyridine rings is 1. The maximum absolute atomic E-state index is 12.3. The van der Waals surface area contributed by atoms with Crippen LogP contribution in [-0.4, -0.2) is 22.8 Å². The van der Waals surface area contributed by atoms with Gasteiger partial charge in [0.1, 0.15) is 6.04 Å². The predicted octanol–water partition coefficient (Wildman–Crippen LogP) is 2.17. The number of carbonyl (C=O) groups is 2. The molecule has 1 heterocycles. The summed E-state index contributed by atoms with van der Waals surface area (Å²) in [7, 11) is 0. The standard InChI is InChI=1S/C17H19N3O2/c1-11(2)7-8-15(16(18)21)20-17(22)13-9-12-5-3-4-6-14(12)19-10-13/h3-7,9-10,15H,8H2,1-2H3,(H2,18,21)(H,20,22)/t15-/m1/s1. The maximum Gasteiger partial charge on any atom is 0.253 e. The first kappa shape index (κ1) is 15.7. The van der Waals surface area contributed by atoms with E-state index in [4.69, 9.17) is 5.73 Å². The van der Waals surface area contributed by atoms with Crippen molar-refractivity contribution in [2.24, 2.45) is 5.73 Å². The van der Waals surface area contributed by atoms with Crippen LogP contribution in [0, 0.1) is 0 Å². The van der Waals surface area contributed by atoms with Crippen LogP contribution in [0.15, 0.2) is 48.2 Å². The van der Waals surface area contributed by atoms with E-state index in [0.29, 0.717) is 12.0 Å². The van der Waals surface area contributed by atoms with Crippen molar-refractivity contribution in [2.75, 3.05) is 0 Å². The Kier molecular flexibility index (Phi) is 4.88. The number of primary amides is 1. The smallest absolute Gasteiger partial charge is 0.253 e. The fourth-order valence-corrected chi connectivity index (χ4v) is 2.04. The Balaban J connectivity index is 2.17. The molecule has 5 nitrogen and oxygen atoms in total. The number of hydrogen-bond donors (Lipinski definition) is 2. The van der Waals surface area contributed by atoms with E-state index in [1.807, 2.05) is 44.2 Å². The number of fused-ring (bicyclic) bond motifs is 1. The fourth-order valence-electron chi connectivity index (χ4n) is 2.04. The summed E-state index contributed by atoms with van der Waals surface area (Å²) >= 11 is 0. The number of hydrogen-bond acceptors (Lipinski definition) is 3. The molecule has 1 aromatic heterocycles. The van der Waals surface area contributed by atoms with Gasteiger partial charge in [-0.05, 0) is 32.4 Å². The molecule has 0 saturated carbocycles. The molecule has 0 aliphatic carbocycles. The number of benzene rings is 1. The molecule has 0 radical (unpaired) electrons. The van der Waals surface area contributed by atoms with Gasteiger partial charge in [-0.15, -0.1) is 0 Å². The van der Waals surface area contributed by atoms with E-state index in [1.54, 1.807) is 6.07 Å². The van der Waals surface area contributed by atoms with E-state index in [1.165, 1.54) is 6.20 Å². The zero-order valence-corrected chi connectivity index (χ0v) is 12.7. The molecule has 0 fully saturated rings. The van der Waals surface area contributed by atoms with Gasteiger partial charge in [0.25, 0.3) is 5.91 Å². The van der Waals surface area contributed by atoms with E-state index in [9.17, 15) is 9.59 Å². The Morgan fingerprint density at radius 1 is 1.32 bits per heavy atom. The van der Waals surface area contributed by atoms with Gasteiger partial charge in [-0.1, -0.05) is 29.8 Å².